The maximum Gasteiger partial charge on any atom is 0.389 e. The van der Waals surface area contributed by atoms with Crippen LogP contribution in [0, 0.1) is 12.8 Å². The lowest BCUT2D eigenvalue weighted by Gasteiger charge is -2.39. The van der Waals surface area contributed by atoms with Crippen molar-refractivity contribution in [2.45, 2.75) is 32.5 Å². The monoisotopic (exact) mass is 512 g/mol. The lowest BCUT2D eigenvalue weighted by atomic mass is 9.98. The summed E-state index contributed by atoms with van der Waals surface area (Å²) in [5.74, 6) is 0.402. The van der Waals surface area contributed by atoms with Crippen molar-refractivity contribution < 1.29 is 27.5 Å². The summed E-state index contributed by atoms with van der Waals surface area (Å²) in [5.41, 5.74) is 3.15. The third-order valence-electron chi connectivity index (χ3n) is 7.10. The van der Waals surface area contributed by atoms with Gasteiger partial charge in [-0.15, -0.1) is 0 Å². The van der Waals surface area contributed by atoms with Gasteiger partial charge in [-0.25, -0.2) is 0 Å². The number of nitrogens with zero attached hydrogens (tertiary/aromatic N) is 4. The first-order valence-corrected chi connectivity index (χ1v) is 12.0. The van der Waals surface area contributed by atoms with Crippen molar-refractivity contribution in [3.8, 4) is 5.75 Å². The average Bonchev–Trinajstić information content (AvgIpc) is 3.40. The van der Waals surface area contributed by atoms with Crippen LogP contribution in [0.4, 0.5) is 13.2 Å². The number of carbonyl (C=O) groups is 2. The van der Waals surface area contributed by atoms with Crippen molar-refractivity contribution in [1.82, 2.24) is 19.2 Å². The Morgan fingerprint density at radius 2 is 1.89 bits per heavy atom. The van der Waals surface area contributed by atoms with Gasteiger partial charge in [-0.2, -0.15) is 18.3 Å². The Morgan fingerprint density at radius 1 is 1.14 bits per heavy atom. The Labute approximate surface area is 211 Å². The normalized spacial score (nSPS) is 14.4. The quantitative estimate of drug-likeness (QED) is 0.322. The van der Waals surface area contributed by atoms with Gasteiger partial charge < -0.3 is 14.2 Å². The van der Waals surface area contributed by atoms with Crippen LogP contribution in [-0.2, 0) is 13.6 Å². The number of fused-ring (bicyclic) bond motifs is 2. The molecule has 2 aromatic carbocycles. The van der Waals surface area contributed by atoms with Crippen LogP contribution in [0.5, 0.6) is 5.75 Å². The van der Waals surface area contributed by atoms with Crippen molar-refractivity contribution in [2.75, 3.05) is 20.2 Å². The molecule has 0 N–H and O–H groups in total. The molecule has 0 unspecified atom stereocenters. The van der Waals surface area contributed by atoms with Crippen LogP contribution < -0.4 is 4.74 Å². The van der Waals surface area contributed by atoms with E-state index in [0.29, 0.717) is 42.0 Å². The molecular formula is C27H27F3N4O3. The molecule has 1 amide bonds. The molecule has 1 fully saturated rings. The zero-order valence-electron chi connectivity index (χ0n) is 20.8. The zero-order chi connectivity index (χ0) is 26.5. The number of ether oxygens (including phenoxy) is 1. The summed E-state index contributed by atoms with van der Waals surface area (Å²) in [7, 11) is 3.48. The van der Waals surface area contributed by atoms with E-state index in [4.69, 9.17) is 4.74 Å². The van der Waals surface area contributed by atoms with Crippen LogP contribution in [0.2, 0.25) is 0 Å². The number of ketones is 1. The molecule has 7 nitrogen and oxygen atoms in total. The molecule has 1 aliphatic rings. The molecule has 1 aliphatic heterocycles. The Hall–Kier alpha value is -3.82. The van der Waals surface area contributed by atoms with Gasteiger partial charge in [0.2, 0.25) is 0 Å². The number of amides is 1. The Balaban J connectivity index is 1.24. The second-order valence-corrected chi connectivity index (χ2v) is 9.65. The first-order valence-electron chi connectivity index (χ1n) is 12.0. The van der Waals surface area contributed by atoms with Gasteiger partial charge in [0.1, 0.15) is 11.4 Å². The number of benzene rings is 2. The largest absolute Gasteiger partial charge is 0.497 e. The van der Waals surface area contributed by atoms with Crippen LogP contribution in [0.25, 0.3) is 21.8 Å². The second kappa shape index (κ2) is 9.24. The number of hydrogen-bond donors (Lipinski definition) is 0. The number of alkyl halides is 3. The van der Waals surface area contributed by atoms with Gasteiger partial charge in [0, 0.05) is 67.6 Å². The standard InChI is InChI=1S/C27H27F3N4O3/c1-16-20(25(35)8-9-27(28,29)30)6-7-22-21(16)15-34(31-22)14-17-12-33(13-17)26(36)24-10-18-4-5-19(37-3)11-23(18)32(24)2/h4-7,10-11,15,17H,8-9,12-14H2,1-3H3. The second-order valence-electron chi connectivity index (χ2n) is 9.65. The number of hydrogen-bond acceptors (Lipinski definition) is 4. The van der Waals surface area contributed by atoms with Crippen molar-refractivity contribution in [1.29, 1.82) is 0 Å². The topological polar surface area (TPSA) is 69.4 Å². The summed E-state index contributed by atoms with van der Waals surface area (Å²) in [4.78, 5) is 27.3. The molecule has 2 aromatic heterocycles. The van der Waals surface area contributed by atoms with Gasteiger partial charge in [-0.1, -0.05) is 0 Å². The summed E-state index contributed by atoms with van der Waals surface area (Å²) in [5, 5.41) is 6.29. The van der Waals surface area contributed by atoms with E-state index in [0.717, 1.165) is 22.0 Å². The molecule has 0 spiro atoms. The lowest BCUT2D eigenvalue weighted by Crippen LogP contribution is -2.51. The van der Waals surface area contributed by atoms with Crippen LogP contribution in [-0.4, -0.2) is 57.3 Å². The summed E-state index contributed by atoms with van der Waals surface area (Å²) < 4.78 is 46.5. The van der Waals surface area contributed by atoms with Gasteiger partial charge >= 0.3 is 6.18 Å². The number of rotatable bonds is 7. The summed E-state index contributed by atoms with van der Waals surface area (Å²) >= 11 is 0. The molecule has 4 aromatic rings. The number of Topliss-reactive ketones (excluding diaryl/α,β-unsaturated/α-hetero) is 1. The van der Waals surface area contributed by atoms with Gasteiger partial charge in [0.15, 0.2) is 5.78 Å². The number of aromatic nitrogens is 3. The highest BCUT2D eigenvalue weighted by Crippen LogP contribution is 2.29. The molecule has 37 heavy (non-hydrogen) atoms. The van der Waals surface area contributed by atoms with Gasteiger partial charge in [0.05, 0.1) is 24.6 Å². The Kier molecular flexibility index (Phi) is 6.21. The summed E-state index contributed by atoms with van der Waals surface area (Å²) in [6.07, 6.45) is -4.24. The van der Waals surface area contributed by atoms with E-state index < -0.39 is 24.8 Å². The minimum atomic E-state index is -4.36. The molecule has 0 radical (unpaired) electrons. The van der Waals surface area contributed by atoms with Crippen molar-refractivity contribution >= 4 is 33.5 Å². The molecule has 194 valence electrons. The number of aryl methyl sites for hydroxylation is 2. The van der Waals surface area contributed by atoms with E-state index >= 15 is 0 Å². The summed E-state index contributed by atoms with van der Waals surface area (Å²) in [6, 6.07) is 10.8. The molecule has 0 saturated carbocycles. The smallest absolute Gasteiger partial charge is 0.389 e. The third kappa shape index (κ3) is 4.80. The van der Waals surface area contributed by atoms with Gasteiger partial charge in [-0.05, 0) is 42.8 Å². The van der Waals surface area contributed by atoms with Gasteiger partial charge in [0.25, 0.3) is 5.91 Å². The van der Waals surface area contributed by atoms with E-state index in [9.17, 15) is 22.8 Å². The predicted octanol–water partition coefficient (Wildman–Crippen LogP) is 5.14. The van der Waals surface area contributed by atoms with E-state index in [-0.39, 0.29) is 11.8 Å². The highest BCUT2D eigenvalue weighted by Gasteiger charge is 2.33. The molecule has 10 heteroatoms. The molecule has 1 saturated heterocycles. The fourth-order valence-electron chi connectivity index (χ4n) is 4.99. The maximum atomic E-state index is 13.1. The number of methoxy groups -OCH3 is 1. The first kappa shape index (κ1) is 24.9. The highest BCUT2D eigenvalue weighted by molar-refractivity contribution is 6.02. The van der Waals surface area contributed by atoms with E-state index in [1.165, 1.54) is 0 Å². The fraction of sp³-hybridized carbons (Fsp3) is 0.370. The maximum absolute atomic E-state index is 13.1. The van der Waals surface area contributed by atoms with E-state index in [2.05, 4.69) is 5.10 Å². The highest BCUT2D eigenvalue weighted by atomic mass is 19.4. The van der Waals surface area contributed by atoms with Gasteiger partial charge in [-0.3, -0.25) is 14.3 Å². The number of likely N-dealkylation sites (tertiary alicyclic amines) is 1. The molecule has 3 heterocycles. The first-order chi connectivity index (χ1) is 17.5. The number of halogens is 3. The third-order valence-corrected chi connectivity index (χ3v) is 7.10. The SMILES string of the molecule is COc1ccc2cc(C(=O)N3CC(Cn4cc5c(C)c(C(=O)CCC(F)(F)F)ccc5n4)C3)n(C)c2c1. The van der Waals surface area contributed by atoms with E-state index in [1.54, 1.807) is 30.8 Å². The molecule has 5 rings (SSSR count). The molecule has 0 atom stereocenters. The van der Waals surface area contributed by atoms with Crippen molar-refractivity contribution in [2.24, 2.45) is 13.0 Å². The van der Waals surface area contributed by atoms with Crippen LogP contribution in [0.1, 0.15) is 39.3 Å². The van der Waals surface area contributed by atoms with Crippen LogP contribution in [0.15, 0.2) is 42.6 Å². The predicted molar refractivity (Wildman–Crippen MR) is 133 cm³/mol. The zero-order valence-corrected chi connectivity index (χ0v) is 20.8. The minimum Gasteiger partial charge on any atom is -0.497 e. The summed E-state index contributed by atoms with van der Waals surface area (Å²) in [6.45, 7) is 3.53. The average molecular weight is 513 g/mol. The molecule has 0 aliphatic carbocycles. The van der Waals surface area contributed by atoms with Crippen LogP contribution >= 0.6 is 0 Å². The van der Waals surface area contributed by atoms with E-state index in [1.807, 2.05) is 47.0 Å². The minimum absolute atomic E-state index is 0.0302. The number of carbonyl (C=O) groups excluding carboxylic acids is 2. The lowest BCUT2D eigenvalue weighted by molar-refractivity contribution is -0.133. The molecular weight excluding hydrogens is 485 g/mol. The fourth-order valence-corrected chi connectivity index (χ4v) is 4.99. The van der Waals surface area contributed by atoms with Crippen LogP contribution in [0.3, 0.4) is 0 Å². The Bertz CT molecular complexity index is 1510. The van der Waals surface area contributed by atoms with Crippen molar-refractivity contribution in [3.05, 3.63) is 59.4 Å². The molecule has 0 bridgehead atoms. The van der Waals surface area contributed by atoms with Crippen molar-refractivity contribution in [3.63, 3.8) is 0 Å². The Morgan fingerprint density at radius 3 is 2.59 bits per heavy atom.